The first kappa shape index (κ1) is 13.7. The van der Waals surface area contributed by atoms with Crippen molar-refractivity contribution in [1.82, 2.24) is 14.5 Å². The molecule has 2 heterocycles. The first-order chi connectivity index (χ1) is 9.92. The van der Waals surface area contributed by atoms with Gasteiger partial charge in [-0.15, -0.1) is 11.8 Å². The summed E-state index contributed by atoms with van der Waals surface area (Å²) in [7, 11) is 0. The summed E-state index contributed by atoms with van der Waals surface area (Å²) in [5, 5.41) is 0. The van der Waals surface area contributed by atoms with E-state index >= 15 is 0 Å². The van der Waals surface area contributed by atoms with E-state index in [4.69, 9.17) is 0 Å². The minimum absolute atomic E-state index is 0.649. The molecule has 0 radical (unpaired) electrons. The molecule has 4 heteroatoms. The first-order valence-electron chi connectivity index (χ1n) is 7.29. The van der Waals surface area contributed by atoms with Gasteiger partial charge in [-0.1, -0.05) is 18.2 Å². The van der Waals surface area contributed by atoms with E-state index in [0.717, 1.165) is 0 Å². The Labute approximate surface area is 125 Å². The second kappa shape index (κ2) is 6.95. The molecule has 0 saturated carbocycles. The predicted octanol–water partition coefficient (Wildman–Crippen LogP) is 3.31. The van der Waals surface area contributed by atoms with Gasteiger partial charge in [0.1, 0.15) is 0 Å². The van der Waals surface area contributed by atoms with Crippen molar-refractivity contribution in [2.75, 3.05) is 25.4 Å². The number of benzene rings is 1. The number of rotatable bonds is 5. The molecule has 1 saturated heterocycles. The Hall–Kier alpha value is -1.26. The van der Waals surface area contributed by atoms with Gasteiger partial charge < -0.3 is 9.47 Å². The lowest BCUT2D eigenvalue weighted by molar-refractivity contribution is 0.196. The Bertz CT molecular complexity index is 490. The van der Waals surface area contributed by atoms with Crippen LogP contribution in [0.3, 0.4) is 0 Å². The molecule has 0 amide bonds. The second-order valence-corrected chi connectivity index (χ2v) is 6.41. The van der Waals surface area contributed by atoms with Crippen LogP contribution in [0.5, 0.6) is 0 Å². The number of imidazole rings is 1. The topological polar surface area (TPSA) is 21.1 Å². The molecule has 3 rings (SSSR count). The third-order valence-electron chi connectivity index (χ3n) is 3.92. The molecule has 1 aliphatic heterocycles. The predicted molar refractivity (Wildman–Crippen MR) is 84.1 cm³/mol. The third kappa shape index (κ3) is 3.64. The monoisotopic (exact) mass is 287 g/mol. The van der Waals surface area contributed by atoms with Crippen LogP contribution in [0.2, 0.25) is 0 Å². The lowest BCUT2D eigenvalue weighted by Crippen LogP contribution is -2.35. The minimum Gasteiger partial charge on any atom is -0.334 e. The largest absolute Gasteiger partial charge is 0.334 e. The fourth-order valence-electron chi connectivity index (χ4n) is 2.74. The van der Waals surface area contributed by atoms with Crippen molar-refractivity contribution < 1.29 is 0 Å². The van der Waals surface area contributed by atoms with Crippen LogP contribution < -0.4 is 0 Å². The molecule has 1 aromatic heterocycles. The molecule has 3 nitrogen and oxygen atoms in total. The zero-order valence-electron chi connectivity index (χ0n) is 11.7. The number of hydrogen-bond donors (Lipinski definition) is 0. The highest BCUT2D eigenvalue weighted by Gasteiger charge is 2.19. The maximum atomic E-state index is 4.15. The number of thioether (sulfide) groups is 1. The average Bonchev–Trinajstić information content (AvgIpc) is 3.03. The van der Waals surface area contributed by atoms with Gasteiger partial charge in [0.25, 0.3) is 0 Å². The second-order valence-electron chi connectivity index (χ2n) is 5.24. The van der Waals surface area contributed by atoms with Crippen molar-refractivity contribution in [3.8, 4) is 0 Å². The number of piperidine rings is 1. The quantitative estimate of drug-likeness (QED) is 0.787. The summed E-state index contributed by atoms with van der Waals surface area (Å²) in [5.74, 6) is 1.18. The summed E-state index contributed by atoms with van der Waals surface area (Å²) in [6.07, 6.45) is 8.40. The average molecular weight is 287 g/mol. The van der Waals surface area contributed by atoms with E-state index < -0.39 is 0 Å². The summed E-state index contributed by atoms with van der Waals surface area (Å²) in [6.45, 7) is 3.60. The minimum atomic E-state index is 0.649. The molecule has 20 heavy (non-hydrogen) atoms. The number of likely N-dealkylation sites (tertiary alicyclic amines) is 1. The molecular weight excluding hydrogens is 266 g/mol. The smallest absolute Gasteiger partial charge is 0.0948 e. The fraction of sp³-hybridized carbons (Fsp3) is 0.438. The van der Waals surface area contributed by atoms with E-state index in [1.807, 2.05) is 24.3 Å². The SMILES string of the molecule is c1ccc(SCCN2CCC(n3ccnc3)CC2)cc1. The normalized spacial score (nSPS) is 17.4. The van der Waals surface area contributed by atoms with Gasteiger partial charge in [0, 0.05) is 48.7 Å². The summed E-state index contributed by atoms with van der Waals surface area (Å²) < 4.78 is 2.26. The van der Waals surface area contributed by atoms with Gasteiger partial charge >= 0.3 is 0 Å². The highest BCUT2D eigenvalue weighted by atomic mass is 32.2. The Morgan fingerprint density at radius 3 is 2.65 bits per heavy atom. The van der Waals surface area contributed by atoms with Crippen molar-refractivity contribution in [1.29, 1.82) is 0 Å². The standard InChI is InChI=1S/C16H21N3S/c1-2-4-16(5-3-1)20-13-12-18-9-6-15(7-10-18)19-11-8-17-14-19/h1-5,8,11,14-15H,6-7,9-10,12-13H2. The number of aromatic nitrogens is 2. The molecule has 0 N–H and O–H groups in total. The molecule has 106 valence electrons. The Morgan fingerprint density at radius 1 is 1.15 bits per heavy atom. The Balaban J connectivity index is 1.39. The van der Waals surface area contributed by atoms with Crippen LogP contribution >= 0.6 is 11.8 Å². The van der Waals surface area contributed by atoms with E-state index in [1.165, 1.54) is 43.1 Å². The lowest BCUT2D eigenvalue weighted by atomic mass is 10.1. The molecule has 1 aromatic carbocycles. The van der Waals surface area contributed by atoms with Crippen molar-refractivity contribution in [3.63, 3.8) is 0 Å². The van der Waals surface area contributed by atoms with Gasteiger partial charge in [-0.25, -0.2) is 4.98 Å². The Kier molecular flexibility index (Phi) is 4.77. The lowest BCUT2D eigenvalue weighted by Gasteiger charge is -2.32. The van der Waals surface area contributed by atoms with E-state index in [0.29, 0.717) is 6.04 Å². The summed E-state index contributed by atoms with van der Waals surface area (Å²) in [4.78, 5) is 8.11. The van der Waals surface area contributed by atoms with Crippen LogP contribution in [0.15, 0.2) is 53.9 Å². The van der Waals surface area contributed by atoms with Crippen molar-refractivity contribution >= 4 is 11.8 Å². The van der Waals surface area contributed by atoms with E-state index in [9.17, 15) is 0 Å². The van der Waals surface area contributed by atoms with Crippen molar-refractivity contribution in [3.05, 3.63) is 49.1 Å². The van der Waals surface area contributed by atoms with Crippen LogP contribution in [0, 0.1) is 0 Å². The van der Waals surface area contributed by atoms with Gasteiger partial charge in [0.15, 0.2) is 0 Å². The van der Waals surface area contributed by atoms with Crippen LogP contribution in [-0.4, -0.2) is 39.8 Å². The van der Waals surface area contributed by atoms with Gasteiger partial charge in [-0.05, 0) is 25.0 Å². The molecule has 2 aromatic rings. The third-order valence-corrected chi connectivity index (χ3v) is 4.92. The number of nitrogens with zero attached hydrogens (tertiary/aromatic N) is 3. The van der Waals surface area contributed by atoms with Gasteiger partial charge in [0.05, 0.1) is 6.33 Å². The zero-order valence-corrected chi connectivity index (χ0v) is 12.5. The summed E-state index contributed by atoms with van der Waals surface area (Å²) in [5.41, 5.74) is 0. The summed E-state index contributed by atoms with van der Waals surface area (Å²) >= 11 is 1.96. The number of hydrogen-bond acceptors (Lipinski definition) is 3. The molecule has 0 atom stereocenters. The molecule has 0 bridgehead atoms. The van der Waals surface area contributed by atoms with Gasteiger partial charge in [-0.2, -0.15) is 0 Å². The summed E-state index contributed by atoms with van der Waals surface area (Å²) in [6, 6.07) is 11.3. The van der Waals surface area contributed by atoms with E-state index in [2.05, 4.69) is 51.0 Å². The van der Waals surface area contributed by atoms with Crippen LogP contribution in [0.1, 0.15) is 18.9 Å². The van der Waals surface area contributed by atoms with Crippen LogP contribution in [-0.2, 0) is 0 Å². The Morgan fingerprint density at radius 2 is 1.95 bits per heavy atom. The van der Waals surface area contributed by atoms with Crippen LogP contribution in [0.25, 0.3) is 0 Å². The molecular formula is C16H21N3S. The molecule has 0 aliphatic carbocycles. The molecule has 0 spiro atoms. The van der Waals surface area contributed by atoms with Crippen molar-refractivity contribution in [2.45, 2.75) is 23.8 Å². The highest BCUT2D eigenvalue weighted by Crippen LogP contribution is 2.23. The van der Waals surface area contributed by atoms with Gasteiger partial charge in [0.2, 0.25) is 0 Å². The molecule has 1 fully saturated rings. The van der Waals surface area contributed by atoms with E-state index in [1.54, 1.807) is 0 Å². The van der Waals surface area contributed by atoms with E-state index in [-0.39, 0.29) is 0 Å². The fourth-order valence-corrected chi connectivity index (χ4v) is 3.67. The van der Waals surface area contributed by atoms with Crippen molar-refractivity contribution in [2.24, 2.45) is 0 Å². The first-order valence-corrected chi connectivity index (χ1v) is 8.28. The molecule has 1 aliphatic rings. The maximum absolute atomic E-state index is 4.15. The highest BCUT2D eigenvalue weighted by molar-refractivity contribution is 7.99. The van der Waals surface area contributed by atoms with Gasteiger partial charge in [-0.3, -0.25) is 0 Å². The molecule has 0 unspecified atom stereocenters. The van der Waals surface area contributed by atoms with Crippen LogP contribution in [0.4, 0.5) is 0 Å². The maximum Gasteiger partial charge on any atom is 0.0948 e. The zero-order chi connectivity index (χ0) is 13.6.